The molecule has 0 radical (unpaired) electrons. The van der Waals surface area contributed by atoms with E-state index in [1.807, 2.05) is 0 Å². The van der Waals surface area contributed by atoms with Gasteiger partial charge in [0.1, 0.15) is 6.04 Å². The maximum Gasteiger partial charge on any atom is 0.320 e. The van der Waals surface area contributed by atoms with Crippen LogP contribution in [0.4, 0.5) is 0 Å². The summed E-state index contributed by atoms with van der Waals surface area (Å²) in [5, 5.41) is 11.8. The van der Waals surface area contributed by atoms with Gasteiger partial charge in [0.25, 0.3) is 0 Å². The normalized spacial score (nSPS) is 26.6. The van der Waals surface area contributed by atoms with E-state index in [9.17, 15) is 4.79 Å². The van der Waals surface area contributed by atoms with Crippen LogP contribution in [0.5, 0.6) is 0 Å². The Hall–Kier alpha value is -0.280. The first-order chi connectivity index (χ1) is 6.24. The summed E-state index contributed by atoms with van der Waals surface area (Å²) >= 11 is 0. The van der Waals surface area contributed by atoms with E-state index in [2.05, 4.69) is 12.2 Å². The Morgan fingerprint density at radius 3 is 2.86 bits per heavy atom. The van der Waals surface area contributed by atoms with E-state index < -0.39 is 5.97 Å². The first-order valence-electron chi connectivity index (χ1n) is 5.20. The molecule has 0 saturated carbocycles. The predicted molar refractivity (Wildman–Crippen MR) is 58.9 cm³/mol. The summed E-state index contributed by atoms with van der Waals surface area (Å²) in [5.74, 6) is -0.0662. The third-order valence-corrected chi connectivity index (χ3v) is 2.78. The summed E-state index contributed by atoms with van der Waals surface area (Å²) in [6.45, 7) is 3.04. The second-order valence-corrected chi connectivity index (χ2v) is 3.88. The second-order valence-electron chi connectivity index (χ2n) is 3.88. The highest BCUT2D eigenvalue weighted by molar-refractivity contribution is 5.85. The lowest BCUT2D eigenvalue weighted by atomic mass is 9.88. The van der Waals surface area contributed by atoms with Gasteiger partial charge in [-0.2, -0.15) is 0 Å². The maximum absolute atomic E-state index is 10.7. The summed E-state index contributed by atoms with van der Waals surface area (Å²) in [6.07, 6.45) is 5.60. The van der Waals surface area contributed by atoms with Crippen molar-refractivity contribution in [3.63, 3.8) is 0 Å². The first kappa shape index (κ1) is 13.7. The number of aliphatic carboxylic acids is 1. The zero-order valence-corrected chi connectivity index (χ0v) is 9.48. The lowest BCUT2D eigenvalue weighted by molar-refractivity contribution is -0.140. The maximum atomic E-state index is 10.7. The molecule has 1 heterocycles. The lowest BCUT2D eigenvalue weighted by Gasteiger charge is -2.27. The van der Waals surface area contributed by atoms with Crippen molar-refractivity contribution < 1.29 is 9.90 Å². The number of rotatable bonds is 4. The Bertz CT molecular complexity index is 176. The number of piperidine rings is 1. The van der Waals surface area contributed by atoms with Crippen LogP contribution in [0.2, 0.25) is 0 Å². The number of carboxylic acid groups (broad SMARTS) is 1. The Morgan fingerprint density at radius 1 is 1.57 bits per heavy atom. The van der Waals surface area contributed by atoms with Gasteiger partial charge in [-0.25, -0.2) is 0 Å². The molecule has 0 aromatic heterocycles. The van der Waals surface area contributed by atoms with Crippen LogP contribution in [0.15, 0.2) is 0 Å². The summed E-state index contributed by atoms with van der Waals surface area (Å²) in [7, 11) is 0. The highest BCUT2D eigenvalue weighted by Crippen LogP contribution is 2.21. The molecule has 1 rings (SSSR count). The topological polar surface area (TPSA) is 49.3 Å². The van der Waals surface area contributed by atoms with Crippen LogP contribution in [0.1, 0.15) is 39.0 Å². The number of carbonyl (C=O) groups is 1. The average molecular weight is 222 g/mol. The van der Waals surface area contributed by atoms with Crippen molar-refractivity contribution in [1.29, 1.82) is 0 Å². The summed E-state index contributed by atoms with van der Waals surface area (Å²) in [5.41, 5.74) is 0. The van der Waals surface area contributed by atoms with Gasteiger partial charge in [-0.05, 0) is 25.3 Å². The van der Waals surface area contributed by atoms with Gasteiger partial charge >= 0.3 is 5.97 Å². The number of hydrogen-bond donors (Lipinski definition) is 2. The molecule has 2 unspecified atom stereocenters. The van der Waals surface area contributed by atoms with Crippen LogP contribution in [0.25, 0.3) is 0 Å². The predicted octanol–water partition coefficient (Wildman–Crippen LogP) is 2.05. The molecule has 2 atom stereocenters. The monoisotopic (exact) mass is 221 g/mol. The van der Waals surface area contributed by atoms with Crippen molar-refractivity contribution in [2.24, 2.45) is 5.92 Å². The Morgan fingerprint density at radius 2 is 2.29 bits per heavy atom. The van der Waals surface area contributed by atoms with Crippen molar-refractivity contribution in [2.45, 2.75) is 45.1 Å². The fraction of sp³-hybridized carbons (Fsp3) is 0.900. The van der Waals surface area contributed by atoms with Crippen LogP contribution < -0.4 is 5.32 Å². The number of unbranched alkanes of at least 4 members (excludes halogenated alkanes) is 1. The van der Waals surface area contributed by atoms with Gasteiger partial charge in [-0.1, -0.05) is 26.2 Å². The molecular weight excluding hydrogens is 202 g/mol. The Balaban J connectivity index is 0.00000169. The highest BCUT2D eigenvalue weighted by Gasteiger charge is 2.25. The van der Waals surface area contributed by atoms with Gasteiger partial charge in [0.05, 0.1) is 0 Å². The van der Waals surface area contributed by atoms with Crippen LogP contribution in [0, 0.1) is 5.92 Å². The highest BCUT2D eigenvalue weighted by atomic mass is 35.5. The minimum atomic E-state index is -0.693. The number of carboxylic acids is 1. The molecule has 1 saturated heterocycles. The molecular formula is C10H20ClNO2. The number of halogens is 1. The van der Waals surface area contributed by atoms with E-state index in [1.54, 1.807) is 0 Å². The molecule has 1 fully saturated rings. The second kappa shape index (κ2) is 7.07. The van der Waals surface area contributed by atoms with Crippen molar-refractivity contribution in [3.8, 4) is 0 Å². The van der Waals surface area contributed by atoms with E-state index in [-0.39, 0.29) is 18.4 Å². The fourth-order valence-corrected chi connectivity index (χ4v) is 1.94. The van der Waals surface area contributed by atoms with Gasteiger partial charge in [0.15, 0.2) is 0 Å². The van der Waals surface area contributed by atoms with Gasteiger partial charge in [-0.15, -0.1) is 12.4 Å². The van der Waals surface area contributed by atoms with Gasteiger partial charge in [-0.3, -0.25) is 4.79 Å². The molecule has 2 N–H and O–H groups in total. The van der Waals surface area contributed by atoms with Gasteiger partial charge in [0.2, 0.25) is 0 Å². The summed E-state index contributed by atoms with van der Waals surface area (Å²) in [4.78, 5) is 10.7. The van der Waals surface area contributed by atoms with E-state index in [4.69, 9.17) is 5.11 Å². The summed E-state index contributed by atoms with van der Waals surface area (Å²) in [6, 6.07) is -0.296. The molecule has 0 aromatic carbocycles. The number of nitrogens with one attached hydrogen (secondary N) is 1. The van der Waals surface area contributed by atoms with E-state index >= 15 is 0 Å². The molecule has 0 aromatic rings. The minimum Gasteiger partial charge on any atom is -0.480 e. The fourth-order valence-electron chi connectivity index (χ4n) is 1.94. The molecule has 1 aliphatic rings. The smallest absolute Gasteiger partial charge is 0.320 e. The quantitative estimate of drug-likeness (QED) is 0.764. The van der Waals surface area contributed by atoms with Crippen LogP contribution >= 0.6 is 12.4 Å². The van der Waals surface area contributed by atoms with E-state index in [0.29, 0.717) is 5.92 Å². The van der Waals surface area contributed by atoms with Gasteiger partial charge < -0.3 is 10.4 Å². The third-order valence-electron chi connectivity index (χ3n) is 2.78. The Kier molecular flexibility index (Phi) is 6.93. The zero-order valence-electron chi connectivity index (χ0n) is 8.66. The van der Waals surface area contributed by atoms with Crippen molar-refractivity contribution >= 4 is 18.4 Å². The molecule has 1 aliphatic heterocycles. The molecule has 84 valence electrons. The molecule has 4 heteroatoms. The first-order valence-corrected chi connectivity index (χ1v) is 5.20. The molecule has 3 nitrogen and oxygen atoms in total. The molecule has 0 spiro atoms. The Labute approximate surface area is 91.7 Å². The molecule has 0 amide bonds. The van der Waals surface area contributed by atoms with Gasteiger partial charge in [0, 0.05) is 0 Å². The average Bonchev–Trinajstić information content (AvgIpc) is 2.15. The standard InChI is InChI=1S/C10H19NO2.ClH/c1-2-3-4-8-5-6-11-9(7-8)10(12)13;/h8-9,11H,2-7H2,1H3,(H,12,13);1H. The largest absolute Gasteiger partial charge is 0.480 e. The van der Waals surface area contributed by atoms with Crippen molar-refractivity contribution in [3.05, 3.63) is 0 Å². The number of hydrogen-bond acceptors (Lipinski definition) is 2. The molecule has 14 heavy (non-hydrogen) atoms. The van der Waals surface area contributed by atoms with Crippen molar-refractivity contribution in [1.82, 2.24) is 5.32 Å². The van der Waals surface area contributed by atoms with Crippen LogP contribution in [-0.2, 0) is 4.79 Å². The minimum absolute atomic E-state index is 0. The van der Waals surface area contributed by atoms with Crippen LogP contribution in [0.3, 0.4) is 0 Å². The van der Waals surface area contributed by atoms with E-state index in [0.717, 1.165) is 19.4 Å². The molecule has 0 bridgehead atoms. The molecule has 0 aliphatic carbocycles. The lowest BCUT2D eigenvalue weighted by Crippen LogP contribution is -2.43. The summed E-state index contributed by atoms with van der Waals surface area (Å²) < 4.78 is 0. The van der Waals surface area contributed by atoms with Crippen LogP contribution in [-0.4, -0.2) is 23.7 Å². The zero-order chi connectivity index (χ0) is 9.68. The third kappa shape index (κ3) is 4.29. The SMILES string of the molecule is CCCCC1CCNC(C(=O)O)C1.Cl. The van der Waals surface area contributed by atoms with E-state index in [1.165, 1.54) is 19.3 Å². The van der Waals surface area contributed by atoms with Crippen molar-refractivity contribution in [2.75, 3.05) is 6.54 Å².